The van der Waals surface area contributed by atoms with Crippen molar-refractivity contribution in [3.05, 3.63) is 52.8 Å². The van der Waals surface area contributed by atoms with Crippen LogP contribution in [0, 0.1) is 13.8 Å². The maximum Gasteiger partial charge on any atom is 0.283 e. The minimum absolute atomic E-state index is 0.120. The molecule has 0 atom stereocenters. The lowest BCUT2D eigenvalue weighted by Crippen LogP contribution is -2.33. The van der Waals surface area contributed by atoms with Crippen LogP contribution in [0.1, 0.15) is 27.2 Å². The number of fused-ring (bicyclic) bond motifs is 1. The fraction of sp³-hybridized carbons (Fsp3) is 0.235. The molecule has 1 aromatic heterocycles. The molecule has 1 aliphatic heterocycles. The van der Waals surface area contributed by atoms with Crippen LogP contribution in [0.25, 0.3) is 0 Å². The van der Waals surface area contributed by atoms with Gasteiger partial charge in [0.2, 0.25) is 10.0 Å². The van der Waals surface area contributed by atoms with Crippen LogP contribution in [-0.4, -0.2) is 31.8 Å². The monoisotopic (exact) mass is 375 g/mol. The average Bonchev–Trinajstić information content (AvgIpc) is 2.57. The number of carbonyl (C=O) groups excluding carboxylic acids is 2. The number of benzene rings is 1. The Labute approximate surface area is 150 Å². The molecule has 0 bridgehead atoms. The Morgan fingerprint density at radius 2 is 2.00 bits per heavy atom. The van der Waals surface area contributed by atoms with E-state index in [4.69, 9.17) is 4.74 Å². The highest BCUT2D eigenvalue weighted by Crippen LogP contribution is 2.27. The van der Waals surface area contributed by atoms with E-state index in [0.717, 1.165) is 11.1 Å². The zero-order valence-corrected chi connectivity index (χ0v) is 15.0. The maximum atomic E-state index is 12.4. The maximum absolute atomic E-state index is 12.4. The first-order valence-electron chi connectivity index (χ1n) is 7.78. The molecule has 0 saturated carbocycles. The van der Waals surface area contributed by atoms with Crippen molar-refractivity contribution in [3.63, 3.8) is 0 Å². The molecule has 0 saturated heterocycles. The van der Waals surface area contributed by atoms with Gasteiger partial charge in [-0.15, -0.1) is 0 Å². The van der Waals surface area contributed by atoms with Gasteiger partial charge in [-0.1, -0.05) is 18.2 Å². The minimum Gasteiger partial charge on any atom is -0.481 e. The quantitative estimate of drug-likeness (QED) is 0.832. The van der Waals surface area contributed by atoms with Crippen LogP contribution in [0.15, 0.2) is 30.5 Å². The van der Waals surface area contributed by atoms with Crippen molar-refractivity contribution in [2.75, 3.05) is 11.9 Å². The Morgan fingerprint density at radius 1 is 1.31 bits per heavy atom. The number of aryl methyl sites for hydroxylation is 2. The number of rotatable bonds is 4. The van der Waals surface area contributed by atoms with Gasteiger partial charge >= 0.3 is 0 Å². The number of nitrogens with one attached hydrogen (secondary N) is 2. The molecule has 0 unspecified atom stereocenters. The number of hydrogen-bond acceptors (Lipinski definition) is 6. The molecular formula is C17H17N3O5S. The second-order valence-electron chi connectivity index (χ2n) is 5.96. The molecule has 26 heavy (non-hydrogen) atoms. The van der Waals surface area contributed by atoms with Gasteiger partial charge in [0, 0.05) is 6.07 Å². The van der Waals surface area contributed by atoms with Crippen LogP contribution in [0.4, 0.5) is 5.69 Å². The van der Waals surface area contributed by atoms with Crippen molar-refractivity contribution in [2.24, 2.45) is 0 Å². The Balaban J connectivity index is 1.78. The highest BCUT2D eigenvalue weighted by Gasteiger charge is 2.22. The summed E-state index contributed by atoms with van der Waals surface area (Å²) in [6.07, 6.45) is 1.25. The number of nitrogens with zero attached hydrogens (tertiary/aromatic N) is 1. The van der Waals surface area contributed by atoms with E-state index in [-0.39, 0.29) is 29.7 Å². The number of aromatic nitrogens is 1. The molecule has 0 fully saturated rings. The molecule has 2 aromatic rings. The molecule has 136 valence electrons. The van der Waals surface area contributed by atoms with E-state index in [1.807, 2.05) is 36.8 Å². The average molecular weight is 375 g/mol. The molecule has 8 nitrogen and oxygen atoms in total. The van der Waals surface area contributed by atoms with Crippen molar-refractivity contribution in [1.29, 1.82) is 0 Å². The van der Waals surface area contributed by atoms with Gasteiger partial charge in [-0.05, 0) is 30.5 Å². The van der Waals surface area contributed by atoms with E-state index in [0.29, 0.717) is 11.3 Å². The predicted molar refractivity (Wildman–Crippen MR) is 94.4 cm³/mol. The summed E-state index contributed by atoms with van der Waals surface area (Å²) < 4.78 is 32.0. The van der Waals surface area contributed by atoms with Crippen molar-refractivity contribution >= 4 is 27.5 Å². The Kier molecular flexibility index (Phi) is 4.64. The van der Waals surface area contributed by atoms with E-state index < -0.39 is 15.9 Å². The van der Waals surface area contributed by atoms with Crippen LogP contribution >= 0.6 is 0 Å². The zero-order valence-electron chi connectivity index (χ0n) is 14.2. The molecule has 3 rings (SSSR count). The van der Waals surface area contributed by atoms with Crippen LogP contribution in [0.3, 0.4) is 0 Å². The van der Waals surface area contributed by atoms with E-state index in [1.165, 1.54) is 12.3 Å². The summed E-state index contributed by atoms with van der Waals surface area (Å²) in [5.74, 6) is -1.24. The smallest absolute Gasteiger partial charge is 0.283 e. The first-order valence-corrected chi connectivity index (χ1v) is 9.43. The minimum atomic E-state index is -3.91. The Morgan fingerprint density at radius 3 is 2.69 bits per heavy atom. The van der Waals surface area contributed by atoms with Crippen molar-refractivity contribution in [2.45, 2.75) is 19.6 Å². The van der Waals surface area contributed by atoms with Crippen LogP contribution in [0.5, 0.6) is 5.75 Å². The summed E-state index contributed by atoms with van der Waals surface area (Å²) in [6.45, 7) is 3.45. The van der Waals surface area contributed by atoms with Gasteiger partial charge in [0.15, 0.2) is 6.61 Å². The predicted octanol–water partition coefficient (Wildman–Crippen LogP) is 1.29. The standard InChI is InChI=1S/C17H17N3O5S/c1-10-4-3-5-11(2)12(10)9-26(23,24)20-17(22)13-6-15-14(7-18-13)19-16(21)8-25-15/h3-7H,8-9H2,1-2H3,(H,19,21)(H,20,22). The molecule has 0 radical (unpaired) electrons. The number of sulfonamides is 1. The Hall–Kier alpha value is -2.94. The van der Waals surface area contributed by atoms with Crippen molar-refractivity contribution in [3.8, 4) is 5.75 Å². The van der Waals surface area contributed by atoms with Gasteiger partial charge in [-0.25, -0.2) is 18.1 Å². The fourth-order valence-electron chi connectivity index (χ4n) is 2.60. The summed E-state index contributed by atoms with van der Waals surface area (Å²) in [6, 6.07) is 6.76. The Bertz CT molecular complexity index is 981. The van der Waals surface area contributed by atoms with Crippen LogP contribution in [0.2, 0.25) is 0 Å². The first-order chi connectivity index (χ1) is 12.2. The summed E-state index contributed by atoms with van der Waals surface area (Å²) in [4.78, 5) is 27.4. The highest BCUT2D eigenvalue weighted by molar-refractivity contribution is 7.89. The first kappa shape index (κ1) is 17.9. The lowest BCUT2D eigenvalue weighted by molar-refractivity contribution is -0.118. The van der Waals surface area contributed by atoms with E-state index in [9.17, 15) is 18.0 Å². The van der Waals surface area contributed by atoms with Crippen LogP contribution < -0.4 is 14.8 Å². The number of anilines is 1. The number of ether oxygens (including phenoxy) is 1. The molecule has 0 aliphatic carbocycles. The molecule has 2 amide bonds. The topological polar surface area (TPSA) is 114 Å². The van der Waals surface area contributed by atoms with Crippen molar-refractivity contribution in [1.82, 2.24) is 9.71 Å². The normalized spacial score (nSPS) is 13.4. The summed E-state index contributed by atoms with van der Waals surface area (Å²) >= 11 is 0. The lowest BCUT2D eigenvalue weighted by atomic mass is 10.1. The summed E-state index contributed by atoms with van der Waals surface area (Å²) in [7, 11) is -3.91. The van der Waals surface area contributed by atoms with Gasteiger partial charge in [-0.3, -0.25) is 9.59 Å². The second-order valence-corrected chi connectivity index (χ2v) is 7.69. The second kappa shape index (κ2) is 6.75. The number of pyridine rings is 1. The van der Waals surface area contributed by atoms with E-state index >= 15 is 0 Å². The third-order valence-corrected chi connectivity index (χ3v) is 5.12. The molecule has 1 aliphatic rings. The molecule has 2 N–H and O–H groups in total. The number of hydrogen-bond donors (Lipinski definition) is 2. The van der Waals surface area contributed by atoms with Crippen LogP contribution in [-0.2, 0) is 20.6 Å². The SMILES string of the molecule is Cc1cccc(C)c1CS(=O)(=O)NC(=O)c1cc2c(cn1)NC(=O)CO2. The van der Waals surface area contributed by atoms with Gasteiger partial charge in [-0.2, -0.15) is 0 Å². The van der Waals surface area contributed by atoms with Gasteiger partial charge in [0.25, 0.3) is 11.8 Å². The highest BCUT2D eigenvalue weighted by atomic mass is 32.2. The lowest BCUT2D eigenvalue weighted by Gasteiger charge is -2.17. The molecule has 0 spiro atoms. The third-order valence-electron chi connectivity index (χ3n) is 3.96. The molecular weight excluding hydrogens is 358 g/mol. The third kappa shape index (κ3) is 3.83. The molecule has 9 heteroatoms. The fourth-order valence-corrected chi connectivity index (χ4v) is 3.89. The van der Waals surface area contributed by atoms with Gasteiger partial charge in [0.1, 0.15) is 17.1 Å². The number of carbonyl (C=O) groups is 2. The molecule has 1 aromatic carbocycles. The van der Waals surface area contributed by atoms with E-state index in [2.05, 4.69) is 10.3 Å². The molecule has 2 heterocycles. The zero-order chi connectivity index (χ0) is 18.9. The summed E-state index contributed by atoms with van der Waals surface area (Å²) in [5.41, 5.74) is 2.52. The largest absolute Gasteiger partial charge is 0.481 e. The summed E-state index contributed by atoms with van der Waals surface area (Å²) in [5, 5.41) is 2.54. The van der Waals surface area contributed by atoms with E-state index in [1.54, 1.807) is 0 Å². The number of amides is 2. The van der Waals surface area contributed by atoms with Gasteiger partial charge < -0.3 is 10.1 Å². The van der Waals surface area contributed by atoms with Crippen molar-refractivity contribution < 1.29 is 22.7 Å². The van der Waals surface area contributed by atoms with Gasteiger partial charge in [0.05, 0.1) is 11.9 Å².